The van der Waals surface area contributed by atoms with E-state index in [2.05, 4.69) is 10.3 Å². The fraction of sp³-hybridized carbons (Fsp3) is 0.160. The van der Waals surface area contributed by atoms with Crippen LogP contribution < -0.4 is 10.9 Å². The van der Waals surface area contributed by atoms with Crippen LogP contribution in [0, 0.1) is 12.7 Å². The topological polar surface area (TPSA) is 64.0 Å². The van der Waals surface area contributed by atoms with E-state index in [1.165, 1.54) is 22.8 Å². The van der Waals surface area contributed by atoms with E-state index >= 15 is 0 Å². The van der Waals surface area contributed by atoms with Gasteiger partial charge in [-0.15, -0.1) is 0 Å². The third-order valence-corrected chi connectivity index (χ3v) is 5.34. The number of rotatable bonds is 5. The summed E-state index contributed by atoms with van der Waals surface area (Å²) >= 11 is 0. The van der Waals surface area contributed by atoms with Crippen molar-refractivity contribution in [1.29, 1.82) is 0 Å². The van der Waals surface area contributed by atoms with Crippen LogP contribution in [-0.4, -0.2) is 15.5 Å². The van der Waals surface area contributed by atoms with Crippen LogP contribution >= 0.6 is 0 Å². The second-order valence-corrected chi connectivity index (χ2v) is 7.34. The summed E-state index contributed by atoms with van der Waals surface area (Å²) in [4.78, 5) is 30.4. The van der Waals surface area contributed by atoms with Crippen LogP contribution in [0.15, 0.2) is 77.6 Å². The van der Waals surface area contributed by atoms with Crippen LogP contribution in [0.1, 0.15) is 30.7 Å². The van der Waals surface area contributed by atoms with E-state index in [1.54, 1.807) is 25.1 Å². The average molecular weight is 415 g/mol. The van der Waals surface area contributed by atoms with E-state index in [0.29, 0.717) is 28.8 Å². The molecule has 0 aliphatic heterocycles. The second kappa shape index (κ2) is 8.52. The Bertz CT molecular complexity index is 1320. The molecule has 6 heteroatoms. The minimum absolute atomic E-state index is 0.0244. The molecule has 0 saturated carbocycles. The van der Waals surface area contributed by atoms with Gasteiger partial charge in [-0.3, -0.25) is 14.2 Å². The number of nitrogens with zero attached hydrogens (tertiary/aromatic N) is 2. The van der Waals surface area contributed by atoms with Gasteiger partial charge < -0.3 is 5.32 Å². The van der Waals surface area contributed by atoms with E-state index in [4.69, 9.17) is 0 Å². The van der Waals surface area contributed by atoms with Crippen molar-refractivity contribution in [2.45, 2.75) is 26.2 Å². The highest BCUT2D eigenvalue weighted by molar-refractivity contribution is 5.96. The van der Waals surface area contributed by atoms with Crippen LogP contribution in [-0.2, 0) is 4.79 Å². The third kappa shape index (κ3) is 3.97. The smallest absolute Gasteiger partial charge is 0.265 e. The number of fused-ring (bicyclic) bond motifs is 1. The van der Waals surface area contributed by atoms with Crippen molar-refractivity contribution in [3.8, 4) is 5.69 Å². The molecule has 1 unspecified atom stereocenters. The van der Waals surface area contributed by atoms with Gasteiger partial charge >= 0.3 is 0 Å². The zero-order chi connectivity index (χ0) is 22.0. The standard InChI is InChI=1S/C25H22FN3O2/c1-3-19(17-9-5-4-6-10-17)24(30)28-23-15-18(13-14-21(23)26)29-16(2)27-22-12-8-7-11-20(22)25(29)31/h4-15,19H,3H2,1-2H3,(H,28,30). The first-order chi connectivity index (χ1) is 15.0. The number of amides is 1. The summed E-state index contributed by atoms with van der Waals surface area (Å²) in [5, 5.41) is 3.17. The molecule has 0 saturated heterocycles. The Morgan fingerprint density at radius 1 is 1.06 bits per heavy atom. The van der Waals surface area contributed by atoms with Gasteiger partial charge in [0.2, 0.25) is 5.91 Å². The SMILES string of the molecule is CCC(C(=O)Nc1cc(-n2c(C)nc3ccccc3c2=O)ccc1F)c1ccccc1. The molecule has 3 aromatic carbocycles. The van der Waals surface area contributed by atoms with Crippen molar-refractivity contribution in [3.63, 3.8) is 0 Å². The van der Waals surface area contributed by atoms with Gasteiger partial charge in [-0.25, -0.2) is 9.37 Å². The Balaban J connectivity index is 1.72. The molecule has 0 fully saturated rings. The maximum absolute atomic E-state index is 14.6. The number of halogens is 1. The van der Waals surface area contributed by atoms with E-state index in [-0.39, 0.29) is 17.2 Å². The Morgan fingerprint density at radius 3 is 2.52 bits per heavy atom. The van der Waals surface area contributed by atoms with Crippen molar-refractivity contribution in [3.05, 3.63) is 100 Å². The zero-order valence-corrected chi connectivity index (χ0v) is 17.3. The Kier molecular flexibility index (Phi) is 5.62. The molecule has 4 aromatic rings. The lowest BCUT2D eigenvalue weighted by molar-refractivity contribution is -0.117. The maximum Gasteiger partial charge on any atom is 0.265 e. The van der Waals surface area contributed by atoms with E-state index in [0.717, 1.165) is 5.56 Å². The molecule has 1 amide bonds. The van der Waals surface area contributed by atoms with Crippen LogP contribution in [0.3, 0.4) is 0 Å². The molecule has 0 aliphatic rings. The molecule has 31 heavy (non-hydrogen) atoms. The Morgan fingerprint density at radius 2 is 1.77 bits per heavy atom. The molecule has 0 aliphatic carbocycles. The third-order valence-electron chi connectivity index (χ3n) is 5.34. The number of hydrogen-bond donors (Lipinski definition) is 1. The number of nitrogens with one attached hydrogen (secondary N) is 1. The fourth-order valence-electron chi connectivity index (χ4n) is 3.77. The highest BCUT2D eigenvalue weighted by Crippen LogP contribution is 2.24. The summed E-state index contributed by atoms with van der Waals surface area (Å²) in [6.07, 6.45) is 0.574. The maximum atomic E-state index is 14.6. The molecule has 156 valence electrons. The molecule has 4 rings (SSSR count). The minimum Gasteiger partial charge on any atom is -0.323 e. The quantitative estimate of drug-likeness (QED) is 0.501. The normalized spacial score (nSPS) is 12.0. The number of hydrogen-bond acceptors (Lipinski definition) is 3. The summed E-state index contributed by atoms with van der Waals surface area (Å²) in [7, 11) is 0. The zero-order valence-electron chi connectivity index (χ0n) is 17.3. The highest BCUT2D eigenvalue weighted by atomic mass is 19.1. The first-order valence-corrected chi connectivity index (χ1v) is 10.1. The van der Waals surface area contributed by atoms with Crippen LogP contribution in [0.2, 0.25) is 0 Å². The van der Waals surface area contributed by atoms with Gasteiger partial charge in [-0.1, -0.05) is 49.4 Å². The van der Waals surface area contributed by atoms with Gasteiger partial charge in [0.1, 0.15) is 11.6 Å². The fourth-order valence-corrected chi connectivity index (χ4v) is 3.77. The van der Waals surface area contributed by atoms with Crippen molar-refractivity contribution in [2.24, 2.45) is 0 Å². The van der Waals surface area contributed by atoms with Crippen molar-refractivity contribution < 1.29 is 9.18 Å². The van der Waals surface area contributed by atoms with Crippen molar-refractivity contribution in [2.75, 3.05) is 5.32 Å². The monoisotopic (exact) mass is 415 g/mol. The van der Waals surface area contributed by atoms with Crippen molar-refractivity contribution >= 4 is 22.5 Å². The van der Waals surface area contributed by atoms with Gasteiger partial charge in [0, 0.05) is 0 Å². The van der Waals surface area contributed by atoms with E-state index in [9.17, 15) is 14.0 Å². The van der Waals surface area contributed by atoms with E-state index in [1.807, 2.05) is 43.3 Å². The molecular weight excluding hydrogens is 393 g/mol. The largest absolute Gasteiger partial charge is 0.323 e. The van der Waals surface area contributed by atoms with Crippen LogP contribution in [0.5, 0.6) is 0 Å². The van der Waals surface area contributed by atoms with Gasteiger partial charge in [-0.05, 0) is 49.2 Å². The molecule has 1 atom stereocenters. The number of benzene rings is 3. The number of aryl methyl sites for hydroxylation is 1. The average Bonchev–Trinajstić information content (AvgIpc) is 2.77. The molecule has 0 radical (unpaired) electrons. The van der Waals surface area contributed by atoms with Gasteiger partial charge in [0.25, 0.3) is 5.56 Å². The van der Waals surface area contributed by atoms with Crippen LogP contribution in [0.4, 0.5) is 10.1 Å². The molecular formula is C25H22FN3O2. The van der Waals surface area contributed by atoms with Gasteiger partial charge in [0.05, 0.1) is 28.2 Å². The highest BCUT2D eigenvalue weighted by Gasteiger charge is 2.20. The Labute approximate surface area is 179 Å². The number of para-hydroxylation sites is 1. The summed E-state index contributed by atoms with van der Waals surface area (Å²) < 4.78 is 16.0. The predicted molar refractivity (Wildman–Crippen MR) is 120 cm³/mol. The van der Waals surface area contributed by atoms with Crippen LogP contribution in [0.25, 0.3) is 16.6 Å². The summed E-state index contributed by atoms with van der Waals surface area (Å²) in [5.41, 5.74) is 1.68. The van der Waals surface area contributed by atoms with Gasteiger partial charge in [0.15, 0.2) is 0 Å². The minimum atomic E-state index is -0.570. The molecule has 0 spiro atoms. The number of carbonyl (C=O) groups excluding carboxylic acids is 1. The summed E-state index contributed by atoms with van der Waals surface area (Å²) in [6, 6.07) is 20.7. The lowest BCUT2D eigenvalue weighted by Crippen LogP contribution is -2.24. The molecule has 0 bridgehead atoms. The summed E-state index contributed by atoms with van der Waals surface area (Å²) in [6.45, 7) is 3.63. The second-order valence-electron chi connectivity index (χ2n) is 7.34. The van der Waals surface area contributed by atoms with Gasteiger partial charge in [-0.2, -0.15) is 0 Å². The van der Waals surface area contributed by atoms with Crippen molar-refractivity contribution in [1.82, 2.24) is 9.55 Å². The Hall–Kier alpha value is -3.80. The molecule has 1 heterocycles. The molecule has 1 N–H and O–H groups in total. The van der Waals surface area contributed by atoms with E-state index < -0.39 is 11.7 Å². The predicted octanol–water partition coefficient (Wildman–Crippen LogP) is 4.97. The molecule has 1 aromatic heterocycles. The summed E-state index contributed by atoms with van der Waals surface area (Å²) in [5.74, 6) is -0.802. The number of anilines is 1. The first-order valence-electron chi connectivity index (χ1n) is 10.1. The molecule has 5 nitrogen and oxygen atoms in total. The number of aromatic nitrogens is 2. The first kappa shape index (κ1) is 20.5. The lowest BCUT2D eigenvalue weighted by atomic mass is 9.95. The lowest BCUT2D eigenvalue weighted by Gasteiger charge is -2.17. The number of carbonyl (C=O) groups is 1.